The fourth-order valence-corrected chi connectivity index (χ4v) is 4.87. The number of nitrogen functional groups attached to an aromatic ring is 1. The Morgan fingerprint density at radius 2 is 1.86 bits per heavy atom. The fraction of sp³-hybridized carbons (Fsp3) is 0.364. The van der Waals surface area contributed by atoms with Crippen molar-refractivity contribution in [1.82, 2.24) is 9.55 Å². The first-order valence-corrected chi connectivity index (χ1v) is 12.9. The summed E-state index contributed by atoms with van der Waals surface area (Å²) in [6.07, 6.45) is -2.71. The summed E-state index contributed by atoms with van der Waals surface area (Å²) in [5.74, 6) is -1.53. The van der Waals surface area contributed by atoms with Crippen LogP contribution in [0.2, 0.25) is 0 Å². The Balaban J connectivity index is 2.08. The Morgan fingerprint density at radius 1 is 1.19 bits per heavy atom. The predicted molar refractivity (Wildman–Crippen MR) is 130 cm³/mol. The molecule has 14 heteroatoms. The van der Waals surface area contributed by atoms with E-state index in [-0.39, 0.29) is 10.7 Å². The molecule has 12 nitrogen and oxygen atoms in total. The minimum atomic E-state index is -4.39. The van der Waals surface area contributed by atoms with Crippen LogP contribution in [-0.4, -0.2) is 54.8 Å². The summed E-state index contributed by atoms with van der Waals surface area (Å²) in [4.78, 5) is 41.2. The van der Waals surface area contributed by atoms with Crippen molar-refractivity contribution in [1.29, 1.82) is 0 Å². The van der Waals surface area contributed by atoms with Gasteiger partial charge < -0.3 is 19.9 Å². The van der Waals surface area contributed by atoms with Crippen molar-refractivity contribution in [2.75, 3.05) is 12.3 Å². The van der Waals surface area contributed by atoms with Gasteiger partial charge in [0.25, 0.3) is 10.1 Å². The summed E-state index contributed by atoms with van der Waals surface area (Å²) in [6, 6.07) is 5.88. The van der Waals surface area contributed by atoms with Gasteiger partial charge in [0.15, 0.2) is 12.3 Å². The van der Waals surface area contributed by atoms with Gasteiger partial charge in [-0.2, -0.15) is 13.4 Å². The third-order valence-electron chi connectivity index (χ3n) is 5.11. The lowest BCUT2D eigenvalue weighted by atomic mass is 10.1. The molecule has 1 aliphatic rings. The molecule has 0 unspecified atom stereocenters. The minimum absolute atomic E-state index is 0.0693. The first-order valence-electron chi connectivity index (χ1n) is 10.5. The molecule has 0 bridgehead atoms. The Bertz CT molecular complexity index is 1330. The van der Waals surface area contributed by atoms with E-state index in [1.807, 2.05) is 0 Å². The number of esters is 2. The highest BCUT2D eigenvalue weighted by Gasteiger charge is 2.51. The minimum Gasteiger partial charge on any atom is -0.463 e. The van der Waals surface area contributed by atoms with Crippen molar-refractivity contribution >= 4 is 49.9 Å². The topological polar surface area (TPSA) is 166 Å². The first-order chi connectivity index (χ1) is 16.9. The van der Waals surface area contributed by atoms with Crippen LogP contribution >= 0.6 is 15.9 Å². The Kier molecular flexibility index (Phi) is 8.66. The number of rotatable bonds is 8. The lowest BCUT2D eigenvalue weighted by molar-refractivity contribution is -0.155. The van der Waals surface area contributed by atoms with Crippen LogP contribution in [0, 0.1) is 6.92 Å². The summed E-state index contributed by atoms with van der Waals surface area (Å²) in [5.41, 5.74) is 6.10. The van der Waals surface area contributed by atoms with Gasteiger partial charge in [0.1, 0.15) is 24.6 Å². The maximum Gasteiger partial charge on any atom is 0.351 e. The number of hydrogen-bond acceptors (Lipinski definition) is 11. The van der Waals surface area contributed by atoms with Gasteiger partial charge in [0, 0.05) is 25.6 Å². The Hall–Kier alpha value is -3.07. The Morgan fingerprint density at radius 3 is 2.44 bits per heavy atom. The van der Waals surface area contributed by atoms with Crippen molar-refractivity contribution in [3.63, 3.8) is 0 Å². The van der Waals surface area contributed by atoms with Crippen LogP contribution in [0.4, 0.5) is 5.82 Å². The zero-order chi connectivity index (χ0) is 26.6. The number of benzene rings is 1. The summed E-state index contributed by atoms with van der Waals surface area (Å²) < 4.78 is 48.9. The number of anilines is 1. The highest BCUT2D eigenvalue weighted by molar-refractivity contribution is 9.11. The SMILES string of the molecule is CC(=O)OC[C@H]1O[C@@H](n2cc(/C=C/Br)c(N)nc2=O)[C@H](OC(C)=O)[C@H]1OS(=O)(=O)c1ccc(C)cc1. The molecule has 194 valence electrons. The van der Waals surface area contributed by atoms with Crippen molar-refractivity contribution in [3.05, 3.63) is 57.1 Å². The molecule has 0 spiro atoms. The van der Waals surface area contributed by atoms with Crippen molar-refractivity contribution < 1.29 is 36.4 Å². The van der Waals surface area contributed by atoms with Crippen LogP contribution in [0.25, 0.3) is 6.08 Å². The number of hydrogen-bond donors (Lipinski definition) is 1. The maximum absolute atomic E-state index is 13.1. The van der Waals surface area contributed by atoms with Crippen LogP contribution in [0.3, 0.4) is 0 Å². The number of halogens is 1. The van der Waals surface area contributed by atoms with Crippen LogP contribution in [0.15, 0.2) is 45.1 Å². The summed E-state index contributed by atoms with van der Waals surface area (Å²) >= 11 is 3.12. The quantitative estimate of drug-likeness (QED) is 0.353. The third-order valence-corrected chi connectivity index (χ3v) is 6.70. The summed E-state index contributed by atoms with van der Waals surface area (Å²) in [7, 11) is -4.39. The normalized spacial score (nSPS) is 22.0. The van der Waals surface area contributed by atoms with Crippen molar-refractivity contribution in [2.45, 2.75) is 50.2 Å². The van der Waals surface area contributed by atoms with Gasteiger partial charge in [-0.25, -0.2) is 4.79 Å². The van der Waals surface area contributed by atoms with Gasteiger partial charge in [-0.05, 0) is 30.1 Å². The second-order valence-corrected chi connectivity index (χ2v) is 9.93. The van der Waals surface area contributed by atoms with Gasteiger partial charge in [0.2, 0.25) is 0 Å². The molecule has 3 rings (SSSR count). The molecular formula is C22H24BrN3O9S. The molecule has 4 atom stereocenters. The molecule has 1 aliphatic heterocycles. The van der Waals surface area contributed by atoms with Crippen LogP contribution in [0.1, 0.15) is 31.2 Å². The number of ether oxygens (including phenoxy) is 3. The molecule has 2 heterocycles. The molecule has 0 saturated carbocycles. The lowest BCUT2D eigenvalue weighted by Crippen LogP contribution is -2.42. The molecule has 0 radical (unpaired) electrons. The molecule has 2 aromatic rings. The zero-order valence-electron chi connectivity index (χ0n) is 19.5. The molecule has 0 aliphatic carbocycles. The molecule has 1 saturated heterocycles. The molecule has 1 aromatic carbocycles. The van der Waals surface area contributed by atoms with E-state index in [9.17, 15) is 22.8 Å². The molecule has 1 aromatic heterocycles. The maximum atomic E-state index is 13.1. The molecule has 1 fully saturated rings. The van der Waals surface area contributed by atoms with Gasteiger partial charge in [-0.15, -0.1) is 0 Å². The lowest BCUT2D eigenvalue weighted by Gasteiger charge is -2.24. The average Bonchev–Trinajstić information content (AvgIpc) is 3.10. The number of aryl methyl sites for hydroxylation is 1. The number of nitrogens with two attached hydrogens (primary N) is 1. The largest absolute Gasteiger partial charge is 0.463 e. The predicted octanol–water partition coefficient (Wildman–Crippen LogP) is 1.67. The van der Waals surface area contributed by atoms with E-state index in [4.69, 9.17) is 24.1 Å². The van der Waals surface area contributed by atoms with Crippen molar-refractivity contribution in [3.8, 4) is 0 Å². The van der Waals surface area contributed by atoms with E-state index in [0.717, 1.165) is 24.0 Å². The zero-order valence-corrected chi connectivity index (χ0v) is 21.9. The Labute approximate surface area is 215 Å². The van der Waals surface area contributed by atoms with Crippen molar-refractivity contribution in [2.24, 2.45) is 0 Å². The molecule has 2 N–H and O–H groups in total. The van der Waals surface area contributed by atoms with E-state index < -0.39 is 58.9 Å². The smallest absolute Gasteiger partial charge is 0.351 e. The van der Waals surface area contributed by atoms with E-state index in [1.165, 1.54) is 29.4 Å². The molecular weight excluding hydrogens is 562 g/mol. The van der Waals surface area contributed by atoms with Crippen LogP contribution in [0.5, 0.6) is 0 Å². The van der Waals surface area contributed by atoms with E-state index >= 15 is 0 Å². The number of carbonyl (C=O) groups is 2. The first kappa shape index (κ1) is 27.5. The number of carbonyl (C=O) groups excluding carboxylic acids is 2. The van der Waals surface area contributed by atoms with Gasteiger partial charge >= 0.3 is 17.6 Å². The van der Waals surface area contributed by atoms with Crippen LogP contribution in [-0.2, 0) is 38.1 Å². The number of nitrogens with zero attached hydrogens (tertiary/aromatic N) is 2. The van der Waals surface area contributed by atoms with E-state index in [2.05, 4.69) is 20.9 Å². The molecule has 0 amide bonds. The second kappa shape index (κ2) is 11.3. The van der Waals surface area contributed by atoms with E-state index in [0.29, 0.717) is 5.56 Å². The highest BCUT2D eigenvalue weighted by atomic mass is 79.9. The molecule has 36 heavy (non-hydrogen) atoms. The van der Waals surface area contributed by atoms with Gasteiger partial charge in [-0.3, -0.25) is 18.3 Å². The summed E-state index contributed by atoms with van der Waals surface area (Å²) in [6.45, 7) is 3.60. The van der Waals surface area contributed by atoms with Gasteiger partial charge in [0.05, 0.1) is 4.90 Å². The average molecular weight is 586 g/mol. The second-order valence-electron chi connectivity index (χ2n) is 7.83. The standard InChI is InChI=1S/C22H24BrN3O9S/c1-12-4-6-16(7-5-12)36(30,31)35-18-17(11-32-13(2)27)34-21(19(18)33-14(3)28)26-10-15(8-9-23)20(24)25-22(26)29/h4-10,17-19,21H,11H2,1-3H3,(H2,24,25,29)/b9-8+/t17-,18+,19-,21-/m1/s1. The van der Waals surface area contributed by atoms with Crippen LogP contribution < -0.4 is 11.4 Å². The van der Waals surface area contributed by atoms with Gasteiger partial charge in [-0.1, -0.05) is 33.6 Å². The monoisotopic (exact) mass is 585 g/mol. The number of aromatic nitrogens is 2. The van der Waals surface area contributed by atoms with E-state index in [1.54, 1.807) is 19.1 Å². The highest BCUT2D eigenvalue weighted by Crippen LogP contribution is 2.35. The third kappa shape index (κ3) is 6.37. The summed E-state index contributed by atoms with van der Waals surface area (Å²) in [5, 5.41) is 0. The fourth-order valence-electron chi connectivity index (χ4n) is 3.48.